The molecule has 2 aromatic carbocycles. The molecule has 4 aromatic rings. The summed E-state index contributed by atoms with van der Waals surface area (Å²) in [6, 6.07) is 14.3. The van der Waals surface area contributed by atoms with E-state index < -0.39 is 5.63 Å². The fraction of sp³-hybridized carbons (Fsp3) is 0. The molecule has 2 heterocycles. The van der Waals surface area contributed by atoms with Crippen LogP contribution in [0.5, 0.6) is 0 Å². The Hall–Kier alpha value is -2.59. The van der Waals surface area contributed by atoms with E-state index in [1.807, 2.05) is 12.1 Å². The van der Waals surface area contributed by atoms with Crippen LogP contribution >= 0.6 is 11.6 Å². The fourth-order valence-electron chi connectivity index (χ4n) is 2.25. The highest BCUT2D eigenvalue weighted by Crippen LogP contribution is 2.28. The van der Waals surface area contributed by atoms with Crippen LogP contribution in [0.3, 0.4) is 0 Å². The number of hydrogen-bond donors (Lipinski definition) is 0. The summed E-state index contributed by atoms with van der Waals surface area (Å²) in [5.41, 5.74) is 1.35. The predicted molar refractivity (Wildman–Crippen MR) is 80.5 cm³/mol. The lowest BCUT2D eigenvalue weighted by molar-refractivity contribution is 0.565. The maximum atomic E-state index is 12.0. The summed E-state index contributed by atoms with van der Waals surface area (Å²) in [6.07, 6.45) is 0. The van der Waals surface area contributed by atoms with Gasteiger partial charge in [-0.25, -0.2) is 9.78 Å². The first-order valence-electron chi connectivity index (χ1n) is 6.31. The molecule has 0 amide bonds. The minimum Gasteiger partial charge on any atom is -0.435 e. The molecule has 0 N–H and O–H groups in total. The zero-order valence-electron chi connectivity index (χ0n) is 10.7. The van der Waals surface area contributed by atoms with E-state index in [4.69, 9.17) is 20.4 Å². The van der Waals surface area contributed by atoms with Crippen LogP contribution in [0.2, 0.25) is 5.02 Å². The third-order valence-electron chi connectivity index (χ3n) is 3.25. The summed E-state index contributed by atoms with van der Waals surface area (Å²) in [5, 5.41) is 1.35. The number of nitrogens with zero attached hydrogens (tertiary/aromatic N) is 1. The molecule has 5 heteroatoms. The average Bonchev–Trinajstić information content (AvgIpc) is 2.94. The van der Waals surface area contributed by atoms with Crippen LogP contribution in [-0.4, -0.2) is 4.98 Å². The van der Waals surface area contributed by atoms with Crippen molar-refractivity contribution in [1.82, 2.24) is 4.98 Å². The Labute approximate surface area is 123 Å². The maximum absolute atomic E-state index is 12.0. The Morgan fingerprint density at radius 3 is 2.52 bits per heavy atom. The van der Waals surface area contributed by atoms with Crippen molar-refractivity contribution < 1.29 is 8.83 Å². The monoisotopic (exact) mass is 297 g/mol. The first-order chi connectivity index (χ1) is 10.2. The zero-order valence-corrected chi connectivity index (χ0v) is 11.4. The molecule has 0 spiro atoms. The summed E-state index contributed by atoms with van der Waals surface area (Å²) < 4.78 is 11.0. The summed E-state index contributed by atoms with van der Waals surface area (Å²) >= 11 is 5.87. The second kappa shape index (κ2) is 4.46. The largest absolute Gasteiger partial charge is 0.435 e. The number of hydrogen-bond acceptors (Lipinski definition) is 4. The van der Waals surface area contributed by atoms with Gasteiger partial charge in [0.1, 0.15) is 5.58 Å². The Morgan fingerprint density at radius 1 is 0.952 bits per heavy atom. The van der Waals surface area contributed by atoms with Crippen LogP contribution in [-0.2, 0) is 0 Å². The second-order valence-corrected chi connectivity index (χ2v) is 5.03. The molecule has 21 heavy (non-hydrogen) atoms. The molecule has 0 bridgehead atoms. The molecule has 2 aromatic heterocycles. The number of aromatic nitrogens is 1. The van der Waals surface area contributed by atoms with Crippen molar-refractivity contribution in [2.24, 2.45) is 0 Å². The molecule has 4 nitrogen and oxygen atoms in total. The highest BCUT2D eigenvalue weighted by atomic mass is 35.5. The molecule has 0 aliphatic carbocycles. The van der Waals surface area contributed by atoms with E-state index in [0.717, 1.165) is 10.9 Å². The molecule has 0 saturated heterocycles. The highest BCUT2D eigenvalue weighted by molar-refractivity contribution is 6.30. The van der Waals surface area contributed by atoms with Crippen molar-refractivity contribution in [3.05, 3.63) is 64.0 Å². The lowest BCUT2D eigenvalue weighted by Gasteiger charge is -1.95. The first kappa shape index (κ1) is 12.2. The van der Waals surface area contributed by atoms with Crippen LogP contribution in [0.25, 0.3) is 33.5 Å². The molecule has 102 valence electrons. The number of benzene rings is 2. The van der Waals surface area contributed by atoms with E-state index in [2.05, 4.69) is 4.98 Å². The predicted octanol–water partition coefficient (Wildman–Crippen LogP) is 4.25. The highest BCUT2D eigenvalue weighted by Gasteiger charge is 2.15. The molecular formula is C16H8ClNO3. The first-order valence-corrected chi connectivity index (χ1v) is 6.68. The SMILES string of the molecule is O=c1oc2ccccc2c2oc(-c3ccc(Cl)cc3)nc12. The molecule has 0 saturated carbocycles. The molecular weight excluding hydrogens is 290 g/mol. The van der Waals surface area contributed by atoms with Crippen LogP contribution in [0.4, 0.5) is 0 Å². The Balaban J connectivity index is 2.05. The molecule has 0 unspecified atom stereocenters. The van der Waals surface area contributed by atoms with Crippen LogP contribution < -0.4 is 5.63 Å². The van der Waals surface area contributed by atoms with Gasteiger partial charge < -0.3 is 8.83 Å². The second-order valence-electron chi connectivity index (χ2n) is 4.59. The molecule has 0 fully saturated rings. The number of oxazole rings is 1. The Morgan fingerprint density at radius 2 is 1.71 bits per heavy atom. The van der Waals surface area contributed by atoms with E-state index >= 15 is 0 Å². The normalized spacial score (nSPS) is 11.3. The van der Waals surface area contributed by atoms with Crippen molar-refractivity contribution in [2.75, 3.05) is 0 Å². The van der Waals surface area contributed by atoms with Gasteiger partial charge in [-0.05, 0) is 36.4 Å². The van der Waals surface area contributed by atoms with E-state index in [0.29, 0.717) is 22.1 Å². The standard InChI is InChI=1S/C16H8ClNO3/c17-10-7-5-9(6-8-10)15-18-13-14(21-15)11-3-1-2-4-12(11)20-16(13)19/h1-8H. The van der Waals surface area contributed by atoms with Gasteiger partial charge in [-0.15, -0.1) is 0 Å². The topological polar surface area (TPSA) is 56.2 Å². The van der Waals surface area contributed by atoms with Gasteiger partial charge >= 0.3 is 5.63 Å². The lowest BCUT2D eigenvalue weighted by Crippen LogP contribution is -1.99. The molecule has 4 rings (SSSR count). The third-order valence-corrected chi connectivity index (χ3v) is 3.50. The fourth-order valence-corrected chi connectivity index (χ4v) is 2.37. The summed E-state index contributed by atoms with van der Waals surface area (Å²) in [5.74, 6) is 0.366. The zero-order chi connectivity index (χ0) is 14.4. The summed E-state index contributed by atoms with van der Waals surface area (Å²) in [6.45, 7) is 0. The summed E-state index contributed by atoms with van der Waals surface area (Å²) in [7, 11) is 0. The van der Waals surface area contributed by atoms with Crippen molar-refractivity contribution in [2.45, 2.75) is 0 Å². The van der Waals surface area contributed by atoms with Gasteiger partial charge in [0.25, 0.3) is 0 Å². The molecule has 0 aliphatic rings. The average molecular weight is 298 g/mol. The number of fused-ring (bicyclic) bond motifs is 3. The summed E-state index contributed by atoms with van der Waals surface area (Å²) in [4.78, 5) is 16.2. The van der Waals surface area contributed by atoms with Crippen LogP contribution in [0, 0.1) is 0 Å². The molecule has 0 radical (unpaired) electrons. The van der Waals surface area contributed by atoms with Crippen molar-refractivity contribution in [3.8, 4) is 11.5 Å². The number of rotatable bonds is 1. The van der Waals surface area contributed by atoms with Crippen molar-refractivity contribution in [1.29, 1.82) is 0 Å². The van der Waals surface area contributed by atoms with Crippen molar-refractivity contribution in [3.63, 3.8) is 0 Å². The minimum absolute atomic E-state index is 0.193. The van der Waals surface area contributed by atoms with Crippen molar-refractivity contribution >= 4 is 33.7 Å². The molecule has 0 aliphatic heterocycles. The van der Waals surface area contributed by atoms with E-state index in [1.165, 1.54) is 0 Å². The molecule has 0 atom stereocenters. The van der Waals surface area contributed by atoms with Gasteiger partial charge in [-0.3, -0.25) is 0 Å². The Kier molecular flexibility index (Phi) is 2.59. The van der Waals surface area contributed by atoms with E-state index in [-0.39, 0.29) is 5.52 Å². The maximum Gasteiger partial charge on any atom is 0.366 e. The van der Waals surface area contributed by atoms with Crippen LogP contribution in [0.15, 0.2) is 62.2 Å². The lowest BCUT2D eigenvalue weighted by atomic mass is 10.2. The van der Waals surface area contributed by atoms with Gasteiger partial charge in [0.05, 0.1) is 5.39 Å². The van der Waals surface area contributed by atoms with Gasteiger partial charge in [0.15, 0.2) is 11.1 Å². The number of para-hydroxylation sites is 1. The van der Waals surface area contributed by atoms with E-state index in [1.54, 1.807) is 36.4 Å². The third kappa shape index (κ3) is 1.92. The Bertz CT molecular complexity index is 1020. The van der Waals surface area contributed by atoms with E-state index in [9.17, 15) is 4.79 Å². The smallest absolute Gasteiger partial charge is 0.366 e. The quantitative estimate of drug-likeness (QED) is 0.493. The van der Waals surface area contributed by atoms with Gasteiger partial charge in [-0.1, -0.05) is 23.7 Å². The van der Waals surface area contributed by atoms with Gasteiger partial charge in [0, 0.05) is 10.6 Å². The minimum atomic E-state index is -0.507. The van der Waals surface area contributed by atoms with Crippen LogP contribution in [0.1, 0.15) is 0 Å². The van der Waals surface area contributed by atoms with Gasteiger partial charge in [0.2, 0.25) is 5.89 Å². The van der Waals surface area contributed by atoms with Gasteiger partial charge in [-0.2, -0.15) is 0 Å². The number of halogens is 1.